The topological polar surface area (TPSA) is 25.2 Å². The highest BCUT2D eigenvalue weighted by molar-refractivity contribution is 6.05. The van der Waals surface area contributed by atoms with Gasteiger partial charge in [-0.05, 0) is 49.7 Å². The molecule has 0 radical (unpaired) electrons. The summed E-state index contributed by atoms with van der Waals surface area (Å²) in [6.07, 6.45) is -4.44. The van der Waals surface area contributed by atoms with Gasteiger partial charge in [-0.3, -0.25) is 4.79 Å². The number of aromatic nitrogens is 1. The average Bonchev–Trinajstić information content (AvgIpc) is 3.12. The van der Waals surface area contributed by atoms with Gasteiger partial charge in [-0.15, -0.1) is 0 Å². The molecule has 0 aliphatic carbocycles. The van der Waals surface area contributed by atoms with Crippen molar-refractivity contribution < 1.29 is 22.4 Å². The molecule has 150 valence electrons. The van der Waals surface area contributed by atoms with Crippen LogP contribution in [0.25, 0.3) is 0 Å². The van der Waals surface area contributed by atoms with Crippen LogP contribution in [0.2, 0.25) is 0 Å². The molecule has 2 aromatic carbocycles. The van der Waals surface area contributed by atoms with E-state index >= 15 is 0 Å². The van der Waals surface area contributed by atoms with E-state index < -0.39 is 23.6 Å². The molecule has 1 unspecified atom stereocenters. The molecule has 1 aliphatic heterocycles. The van der Waals surface area contributed by atoms with Crippen molar-refractivity contribution in [2.75, 3.05) is 4.90 Å². The van der Waals surface area contributed by atoms with Crippen LogP contribution in [0.3, 0.4) is 0 Å². The minimum atomic E-state index is -4.44. The molecule has 2 heterocycles. The fraction of sp³-hybridized carbons (Fsp3) is 0.227. The van der Waals surface area contributed by atoms with Gasteiger partial charge >= 0.3 is 6.18 Å². The quantitative estimate of drug-likeness (QED) is 0.539. The summed E-state index contributed by atoms with van der Waals surface area (Å²) < 4.78 is 55.0. The molecule has 1 amide bonds. The van der Waals surface area contributed by atoms with Gasteiger partial charge in [-0.25, -0.2) is 4.39 Å². The molecule has 1 aliphatic rings. The minimum absolute atomic E-state index is 0.0131. The van der Waals surface area contributed by atoms with E-state index in [0.29, 0.717) is 11.1 Å². The van der Waals surface area contributed by atoms with E-state index in [2.05, 4.69) is 0 Å². The van der Waals surface area contributed by atoms with E-state index in [9.17, 15) is 22.4 Å². The number of alkyl halides is 3. The van der Waals surface area contributed by atoms with E-state index in [1.807, 2.05) is 30.5 Å². The summed E-state index contributed by atoms with van der Waals surface area (Å²) in [5.41, 5.74) is 2.18. The molecular weight excluding hydrogens is 384 g/mol. The molecule has 29 heavy (non-hydrogen) atoms. The van der Waals surface area contributed by atoms with Gasteiger partial charge in [0.05, 0.1) is 17.8 Å². The first-order chi connectivity index (χ1) is 13.7. The van der Waals surface area contributed by atoms with Crippen LogP contribution in [-0.2, 0) is 17.5 Å². The zero-order valence-corrected chi connectivity index (χ0v) is 15.8. The third-order valence-corrected chi connectivity index (χ3v) is 5.29. The van der Waals surface area contributed by atoms with Gasteiger partial charge in [0.1, 0.15) is 11.9 Å². The number of aryl methyl sites for hydroxylation is 2. The zero-order valence-electron chi connectivity index (χ0n) is 15.8. The van der Waals surface area contributed by atoms with E-state index in [4.69, 9.17) is 0 Å². The highest BCUT2D eigenvalue weighted by Gasteiger charge is 2.41. The number of benzene rings is 2. The van der Waals surface area contributed by atoms with Crippen LogP contribution in [-0.4, -0.2) is 10.5 Å². The fourth-order valence-corrected chi connectivity index (χ4v) is 3.90. The van der Waals surface area contributed by atoms with Crippen molar-refractivity contribution in [3.8, 4) is 0 Å². The molecule has 0 bridgehead atoms. The largest absolute Gasteiger partial charge is 0.416 e. The second kappa shape index (κ2) is 6.76. The van der Waals surface area contributed by atoms with Gasteiger partial charge in [0.25, 0.3) is 5.91 Å². The molecule has 3 nitrogen and oxygen atoms in total. The normalized spacial score (nSPS) is 16.4. The minimum Gasteiger partial charge on any atom is -0.333 e. The van der Waals surface area contributed by atoms with Crippen LogP contribution in [0, 0.1) is 19.7 Å². The Labute approximate surface area is 165 Å². The lowest BCUT2D eigenvalue weighted by Crippen LogP contribution is -2.31. The van der Waals surface area contributed by atoms with Crippen LogP contribution in [0.15, 0.2) is 54.6 Å². The van der Waals surface area contributed by atoms with Crippen LogP contribution >= 0.6 is 0 Å². The molecule has 0 fully saturated rings. The number of amides is 1. The number of para-hydroxylation sites is 1. The number of hydrogen-bond acceptors (Lipinski definition) is 1. The van der Waals surface area contributed by atoms with E-state index in [1.165, 1.54) is 23.1 Å². The van der Waals surface area contributed by atoms with Gasteiger partial charge in [0.15, 0.2) is 0 Å². The lowest BCUT2D eigenvalue weighted by molar-refractivity contribution is -0.137. The molecule has 0 saturated carbocycles. The van der Waals surface area contributed by atoms with Crippen LogP contribution in [0.1, 0.15) is 34.1 Å². The Kier molecular flexibility index (Phi) is 4.48. The van der Waals surface area contributed by atoms with Crippen molar-refractivity contribution in [1.29, 1.82) is 0 Å². The third kappa shape index (κ3) is 3.20. The molecule has 7 heteroatoms. The Morgan fingerprint density at radius 2 is 1.55 bits per heavy atom. The fourth-order valence-electron chi connectivity index (χ4n) is 3.90. The second-order valence-corrected chi connectivity index (χ2v) is 7.19. The summed E-state index contributed by atoms with van der Waals surface area (Å²) >= 11 is 0. The summed E-state index contributed by atoms with van der Waals surface area (Å²) in [6.45, 7) is 3.73. The van der Waals surface area contributed by atoms with Gasteiger partial charge < -0.3 is 9.47 Å². The smallest absolute Gasteiger partial charge is 0.333 e. The number of anilines is 1. The predicted octanol–water partition coefficient (Wildman–Crippen LogP) is 5.40. The van der Waals surface area contributed by atoms with E-state index in [-0.39, 0.29) is 18.1 Å². The van der Waals surface area contributed by atoms with Crippen LogP contribution in [0.5, 0.6) is 0 Å². The van der Waals surface area contributed by atoms with Gasteiger partial charge in [0, 0.05) is 17.0 Å². The Bertz CT molecular complexity index is 1060. The monoisotopic (exact) mass is 402 g/mol. The third-order valence-electron chi connectivity index (χ3n) is 5.29. The highest BCUT2D eigenvalue weighted by atomic mass is 19.4. The SMILES string of the molecule is Cc1ccc(C)n1C1C(=O)N(Cc2ccc(C(F)(F)F)cc2)c2c(F)cccc21. The van der Waals surface area contributed by atoms with Crippen LogP contribution < -0.4 is 4.90 Å². The number of rotatable bonds is 3. The Morgan fingerprint density at radius 3 is 2.14 bits per heavy atom. The van der Waals surface area contributed by atoms with Crippen molar-refractivity contribution >= 4 is 11.6 Å². The lowest BCUT2D eigenvalue weighted by atomic mass is 10.1. The zero-order chi connectivity index (χ0) is 20.9. The van der Waals surface area contributed by atoms with Crippen LogP contribution in [0.4, 0.5) is 23.2 Å². The first-order valence-corrected chi connectivity index (χ1v) is 9.09. The van der Waals surface area contributed by atoms with Crippen molar-refractivity contribution in [1.82, 2.24) is 4.57 Å². The number of hydrogen-bond donors (Lipinski definition) is 0. The first-order valence-electron chi connectivity index (χ1n) is 9.09. The van der Waals surface area contributed by atoms with E-state index in [1.54, 1.807) is 12.1 Å². The van der Waals surface area contributed by atoms with Gasteiger partial charge in [0.2, 0.25) is 0 Å². The molecule has 1 atom stereocenters. The molecule has 4 rings (SSSR count). The summed E-state index contributed by atoms with van der Waals surface area (Å²) in [6, 6.07) is 12.2. The highest BCUT2D eigenvalue weighted by Crippen LogP contribution is 2.42. The number of carbonyl (C=O) groups excluding carboxylic acids is 1. The van der Waals surface area contributed by atoms with E-state index in [0.717, 1.165) is 23.5 Å². The Hall–Kier alpha value is -3.09. The standard InChI is InChI=1S/C22H18F4N2O/c1-13-6-7-14(2)28(13)20-17-4-3-5-18(23)19(17)27(21(20)29)12-15-8-10-16(11-9-15)22(24,25)26/h3-11,20H,12H2,1-2H3. The van der Waals surface area contributed by atoms with Gasteiger partial charge in [-0.1, -0.05) is 24.3 Å². The van der Waals surface area contributed by atoms with Crippen molar-refractivity contribution in [2.24, 2.45) is 0 Å². The maximum Gasteiger partial charge on any atom is 0.416 e. The summed E-state index contributed by atoms with van der Waals surface area (Å²) in [7, 11) is 0. The molecular formula is C22H18F4N2O. The summed E-state index contributed by atoms with van der Waals surface area (Å²) in [5, 5.41) is 0. The number of halogens is 4. The summed E-state index contributed by atoms with van der Waals surface area (Å²) in [5.74, 6) is -0.847. The Morgan fingerprint density at radius 1 is 0.931 bits per heavy atom. The first kappa shape index (κ1) is 19.2. The maximum atomic E-state index is 14.7. The van der Waals surface area contributed by atoms with Crippen molar-refractivity contribution in [3.05, 3.63) is 88.5 Å². The van der Waals surface area contributed by atoms with Crippen molar-refractivity contribution in [3.63, 3.8) is 0 Å². The molecule has 0 saturated heterocycles. The maximum absolute atomic E-state index is 14.7. The second-order valence-electron chi connectivity index (χ2n) is 7.19. The number of fused-ring (bicyclic) bond motifs is 1. The number of nitrogens with zero attached hydrogens (tertiary/aromatic N) is 2. The molecule has 1 aromatic heterocycles. The molecule has 0 N–H and O–H groups in total. The predicted molar refractivity (Wildman–Crippen MR) is 101 cm³/mol. The molecule has 3 aromatic rings. The lowest BCUT2D eigenvalue weighted by Gasteiger charge is -2.20. The summed E-state index contributed by atoms with van der Waals surface area (Å²) in [4.78, 5) is 14.6. The van der Waals surface area contributed by atoms with Gasteiger partial charge in [-0.2, -0.15) is 13.2 Å². The Balaban J connectivity index is 1.74. The average molecular weight is 402 g/mol. The number of carbonyl (C=O) groups is 1. The molecule has 0 spiro atoms. The van der Waals surface area contributed by atoms with Crippen molar-refractivity contribution in [2.45, 2.75) is 32.6 Å².